The van der Waals surface area contributed by atoms with Gasteiger partial charge in [0.1, 0.15) is 11.4 Å². The molecule has 0 atom stereocenters. The molecule has 1 aliphatic heterocycles. The molecule has 6 nitrogen and oxygen atoms in total. The Labute approximate surface area is 158 Å². The number of nitrogens with one attached hydrogen (secondary N) is 2. The molecule has 2 aromatic heterocycles. The van der Waals surface area contributed by atoms with Gasteiger partial charge in [0.15, 0.2) is 5.82 Å². The number of carbonyl (C=O) groups excluding carboxylic acids is 1. The number of H-pyrrole nitrogens is 1. The average molecular weight is 378 g/mol. The van der Waals surface area contributed by atoms with Crippen molar-refractivity contribution in [1.29, 1.82) is 0 Å². The first-order valence-corrected chi connectivity index (χ1v) is 10.4. The van der Waals surface area contributed by atoms with E-state index in [-0.39, 0.29) is 11.5 Å². The highest BCUT2D eigenvalue weighted by Gasteiger charge is 2.27. The summed E-state index contributed by atoms with van der Waals surface area (Å²) in [7, 11) is 0. The van der Waals surface area contributed by atoms with E-state index in [1.165, 1.54) is 4.90 Å². The average Bonchev–Trinajstić information content (AvgIpc) is 2.91. The molecule has 0 aliphatic carbocycles. The lowest BCUT2D eigenvalue weighted by atomic mass is 10.0. The van der Waals surface area contributed by atoms with Gasteiger partial charge in [0, 0.05) is 10.8 Å². The van der Waals surface area contributed by atoms with Crippen LogP contribution in [0.1, 0.15) is 43.0 Å². The number of nitrogens with zero attached hydrogens (tertiary/aromatic N) is 2. The van der Waals surface area contributed by atoms with E-state index >= 15 is 0 Å². The van der Waals surface area contributed by atoms with E-state index in [2.05, 4.69) is 23.8 Å². The highest BCUT2D eigenvalue weighted by atomic mass is 32.1. The molecule has 1 saturated heterocycles. The zero-order valence-corrected chi connectivity index (χ0v) is 17.0. The Morgan fingerprint density at radius 3 is 2.54 bits per heavy atom. The Balaban J connectivity index is 1.66. The number of carbonyl (C=O) groups is 1. The van der Waals surface area contributed by atoms with E-state index in [1.54, 1.807) is 11.3 Å². The number of piperazine rings is 1. The molecule has 0 radical (unpaired) electrons. The van der Waals surface area contributed by atoms with E-state index in [1.807, 2.05) is 18.7 Å². The second-order valence-corrected chi connectivity index (χ2v) is 8.44. The summed E-state index contributed by atoms with van der Waals surface area (Å²) in [6.07, 6.45) is 1.82. The minimum atomic E-state index is -0.0335. The van der Waals surface area contributed by atoms with Crippen LogP contribution in [-0.4, -0.2) is 47.0 Å². The zero-order valence-electron chi connectivity index (χ0n) is 16.1. The minimum Gasteiger partial charge on any atom is -0.331 e. The van der Waals surface area contributed by atoms with Crippen molar-refractivity contribution in [2.24, 2.45) is 5.92 Å². The number of quaternary nitrogens is 1. The topological polar surface area (TPSA) is 70.5 Å². The molecule has 1 amide bonds. The van der Waals surface area contributed by atoms with Gasteiger partial charge in [0.05, 0.1) is 31.6 Å². The van der Waals surface area contributed by atoms with E-state index in [9.17, 15) is 9.59 Å². The number of aromatic nitrogens is 2. The van der Waals surface area contributed by atoms with Crippen LogP contribution in [0.15, 0.2) is 4.79 Å². The summed E-state index contributed by atoms with van der Waals surface area (Å²) in [5, 5.41) is 0.729. The van der Waals surface area contributed by atoms with Crippen LogP contribution in [0.5, 0.6) is 0 Å². The maximum absolute atomic E-state index is 12.5. The molecule has 2 aromatic rings. The maximum Gasteiger partial charge on any atom is 0.260 e. The third-order valence-electron chi connectivity index (χ3n) is 5.62. The minimum absolute atomic E-state index is 0.0335. The molecular weight excluding hydrogens is 348 g/mol. The number of hydrogen-bond donors (Lipinski definition) is 2. The summed E-state index contributed by atoms with van der Waals surface area (Å²) in [6, 6.07) is 0. The Morgan fingerprint density at radius 2 is 1.92 bits per heavy atom. The number of thiophene rings is 1. The SMILES string of the molecule is CCC(CC)C(=O)N1CC[NH+](Cc2nc3sc(C)c(C)c3c(=O)[nH]2)CC1. The van der Waals surface area contributed by atoms with Crippen molar-refractivity contribution in [3.05, 3.63) is 26.6 Å². The molecule has 2 N–H and O–H groups in total. The third kappa shape index (κ3) is 3.69. The summed E-state index contributed by atoms with van der Waals surface area (Å²) in [5.41, 5.74) is 1.000. The summed E-state index contributed by atoms with van der Waals surface area (Å²) in [4.78, 5) is 37.9. The quantitative estimate of drug-likeness (QED) is 0.824. The molecule has 0 bridgehead atoms. The van der Waals surface area contributed by atoms with Gasteiger partial charge < -0.3 is 14.8 Å². The number of rotatable bonds is 5. The molecule has 0 unspecified atom stereocenters. The van der Waals surface area contributed by atoms with E-state index in [0.29, 0.717) is 12.5 Å². The standard InChI is InChI=1S/C19H28N4O2S/c1-5-14(6-2)19(25)23-9-7-22(8-10-23)11-15-20-17(24)16-12(3)13(4)26-18(16)21-15/h14H,5-11H2,1-4H3,(H,20,21,24)/p+1. The van der Waals surface area contributed by atoms with Crippen molar-refractivity contribution in [1.82, 2.24) is 14.9 Å². The smallest absolute Gasteiger partial charge is 0.260 e. The molecule has 26 heavy (non-hydrogen) atoms. The number of aromatic amines is 1. The van der Waals surface area contributed by atoms with Crippen LogP contribution >= 0.6 is 11.3 Å². The van der Waals surface area contributed by atoms with Crippen molar-refractivity contribution in [3.8, 4) is 0 Å². The molecule has 7 heteroatoms. The van der Waals surface area contributed by atoms with Gasteiger partial charge in [0.25, 0.3) is 5.56 Å². The zero-order chi connectivity index (χ0) is 18.8. The van der Waals surface area contributed by atoms with Gasteiger partial charge in [0.2, 0.25) is 5.91 Å². The largest absolute Gasteiger partial charge is 0.331 e. The van der Waals surface area contributed by atoms with Crippen LogP contribution in [0.2, 0.25) is 0 Å². The van der Waals surface area contributed by atoms with Crippen molar-refractivity contribution in [3.63, 3.8) is 0 Å². The van der Waals surface area contributed by atoms with Crippen molar-refractivity contribution < 1.29 is 9.69 Å². The predicted molar refractivity (Wildman–Crippen MR) is 105 cm³/mol. The van der Waals surface area contributed by atoms with Crippen LogP contribution in [0.4, 0.5) is 0 Å². The van der Waals surface area contributed by atoms with Gasteiger partial charge in [-0.05, 0) is 32.3 Å². The number of hydrogen-bond acceptors (Lipinski definition) is 4. The Morgan fingerprint density at radius 1 is 1.27 bits per heavy atom. The van der Waals surface area contributed by atoms with Crippen LogP contribution < -0.4 is 10.5 Å². The summed E-state index contributed by atoms with van der Waals surface area (Å²) < 4.78 is 0. The van der Waals surface area contributed by atoms with Gasteiger partial charge >= 0.3 is 0 Å². The van der Waals surface area contributed by atoms with E-state index < -0.39 is 0 Å². The molecule has 3 rings (SSSR count). The van der Waals surface area contributed by atoms with Crippen LogP contribution in [0, 0.1) is 19.8 Å². The van der Waals surface area contributed by atoms with Gasteiger partial charge in [-0.1, -0.05) is 13.8 Å². The summed E-state index contributed by atoms with van der Waals surface area (Å²) in [5.74, 6) is 1.20. The lowest BCUT2D eigenvalue weighted by Gasteiger charge is -2.33. The normalized spacial score (nSPS) is 16.0. The molecule has 3 heterocycles. The first-order chi connectivity index (χ1) is 12.4. The van der Waals surface area contributed by atoms with Crippen molar-refractivity contribution in [2.75, 3.05) is 26.2 Å². The van der Waals surface area contributed by atoms with Gasteiger partial charge in [-0.3, -0.25) is 9.59 Å². The molecule has 142 valence electrons. The molecule has 1 fully saturated rings. The molecular formula is C19H29N4O2S+. The van der Waals surface area contributed by atoms with Gasteiger partial charge in [-0.2, -0.15) is 0 Å². The summed E-state index contributed by atoms with van der Waals surface area (Å²) >= 11 is 1.59. The first-order valence-electron chi connectivity index (χ1n) is 9.55. The highest BCUT2D eigenvalue weighted by molar-refractivity contribution is 7.18. The fourth-order valence-corrected chi connectivity index (χ4v) is 4.78. The molecule has 0 saturated carbocycles. The lowest BCUT2D eigenvalue weighted by molar-refractivity contribution is -0.918. The van der Waals surface area contributed by atoms with Gasteiger partial charge in [-0.15, -0.1) is 11.3 Å². The summed E-state index contributed by atoms with van der Waals surface area (Å²) in [6.45, 7) is 12.2. The number of aryl methyl sites for hydroxylation is 2. The van der Waals surface area contributed by atoms with Crippen molar-refractivity contribution >= 4 is 27.5 Å². The molecule has 0 aromatic carbocycles. The second kappa shape index (κ2) is 7.88. The first kappa shape index (κ1) is 19.0. The predicted octanol–water partition coefficient (Wildman–Crippen LogP) is 1.26. The monoisotopic (exact) mass is 377 g/mol. The maximum atomic E-state index is 12.5. The van der Waals surface area contributed by atoms with Gasteiger partial charge in [-0.25, -0.2) is 4.98 Å². The fraction of sp³-hybridized carbons (Fsp3) is 0.632. The van der Waals surface area contributed by atoms with Crippen LogP contribution in [0.25, 0.3) is 10.2 Å². The van der Waals surface area contributed by atoms with Crippen LogP contribution in [0.3, 0.4) is 0 Å². The fourth-order valence-electron chi connectivity index (χ4n) is 3.74. The lowest BCUT2D eigenvalue weighted by Crippen LogP contribution is -3.13. The number of fused-ring (bicyclic) bond motifs is 1. The van der Waals surface area contributed by atoms with Crippen molar-refractivity contribution in [2.45, 2.75) is 47.1 Å². The third-order valence-corrected chi connectivity index (χ3v) is 6.72. The molecule has 1 aliphatic rings. The van der Waals surface area contributed by atoms with Crippen LogP contribution in [-0.2, 0) is 11.3 Å². The molecule has 0 spiro atoms. The van der Waals surface area contributed by atoms with E-state index in [0.717, 1.165) is 65.5 Å². The van der Waals surface area contributed by atoms with E-state index in [4.69, 9.17) is 0 Å². The highest BCUT2D eigenvalue weighted by Crippen LogP contribution is 2.25. The Bertz CT molecular complexity index is 845. The Kier molecular flexibility index (Phi) is 5.77. The number of amides is 1. The second-order valence-electron chi connectivity index (χ2n) is 7.24. The Hall–Kier alpha value is -1.73.